The Morgan fingerprint density at radius 3 is 1.33 bits per heavy atom. The predicted molar refractivity (Wildman–Crippen MR) is 184 cm³/mol. The molecule has 0 fully saturated rings. The zero-order valence-electron chi connectivity index (χ0n) is 22.7. The molecule has 5 aromatic rings. The molecule has 10 nitrogen and oxygen atoms in total. The van der Waals surface area contributed by atoms with E-state index in [0.717, 1.165) is 0 Å². The second-order valence-corrected chi connectivity index (χ2v) is 12.6. The van der Waals surface area contributed by atoms with Crippen molar-refractivity contribution in [3.05, 3.63) is 146 Å². The number of nitro benzene ring substituents is 3. The molecule has 0 unspecified atom stereocenters. The molecule has 1 N–H and O–H groups in total. The maximum atomic E-state index is 10.9. The van der Waals surface area contributed by atoms with Crippen molar-refractivity contribution in [3.63, 3.8) is 0 Å². The predicted octanol–water partition coefficient (Wildman–Crippen LogP) is 11.7. The summed E-state index contributed by atoms with van der Waals surface area (Å²) in [5, 5.41) is 42.1. The molecule has 5 aromatic carbocycles. The first kappa shape index (κ1) is 35.0. The van der Waals surface area contributed by atoms with Crippen molar-refractivity contribution in [1.29, 1.82) is 0 Å². The first-order valence-electron chi connectivity index (χ1n) is 12.5. The number of rotatable bonds is 7. The molecule has 0 spiro atoms. The fraction of sp³-hybridized carbons (Fsp3) is 0. The summed E-state index contributed by atoms with van der Waals surface area (Å²) < 4.78 is 0.571. The lowest BCUT2D eigenvalue weighted by molar-refractivity contribution is -0.386. The summed E-state index contributed by atoms with van der Waals surface area (Å²) in [6.45, 7) is 0. The van der Waals surface area contributed by atoms with Crippen molar-refractivity contribution in [3.8, 4) is 28.0 Å². The van der Waals surface area contributed by atoms with Gasteiger partial charge in [0.05, 0.1) is 34.9 Å². The Labute approximate surface area is 293 Å². The minimum atomic E-state index is -0.639. The zero-order chi connectivity index (χ0) is 33.7. The van der Waals surface area contributed by atoms with Crippen LogP contribution in [0.25, 0.3) is 22.3 Å². The lowest BCUT2D eigenvalue weighted by Crippen LogP contribution is -1.89. The minimum absolute atomic E-state index is 0.0214. The van der Waals surface area contributed by atoms with Crippen molar-refractivity contribution in [2.24, 2.45) is 0 Å². The van der Waals surface area contributed by atoms with Gasteiger partial charge in [0.2, 0.25) is 0 Å². The monoisotopic (exact) mass is 781 g/mol. The van der Waals surface area contributed by atoms with Crippen LogP contribution in [0.1, 0.15) is 0 Å². The van der Waals surface area contributed by atoms with E-state index in [-0.39, 0.29) is 22.8 Å². The number of nitrogens with zero attached hydrogens (tertiary/aromatic N) is 3. The molecule has 0 aliphatic heterocycles. The molecular formula is C30H16BrCl4N3O7S. The second kappa shape index (κ2) is 15.1. The molecule has 0 aromatic heterocycles. The zero-order valence-corrected chi connectivity index (χ0v) is 28.1. The number of benzene rings is 5. The maximum Gasteiger partial charge on any atom is 0.311 e. The Hall–Kier alpha value is -3.91. The summed E-state index contributed by atoms with van der Waals surface area (Å²) >= 11 is 30.5. The number of aromatic hydroxyl groups is 1. The summed E-state index contributed by atoms with van der Waals surface area (Å²) in [7, 11) is 0. The molecule has 0 saturated carbocycles. The van der Waals surface area contributed by atoms with Crippen molar-refractivity contribution in [1.82, 2.24) is 0 Å². The van der Waals surface area contributed by atoms with Crippen LogP contribution in [0.4, 0.5) is 17.1 Å². The Bertz CT molecular complexity index is 1870. The summed E-state index contributed by atoms with van der Waals surface area (Å²) in [4.78, 5) is 31.7. The van der Waals surface area contributed by atoms with Gasteiger partial charge in [-0.2, -0.15) is 0 Å². The molecule has 0 bridgehead atoms. The molecule has 0 saturated heterocycles. The fourth-order valence-electron chi connectivity index (χ4n) is 3.95. The minimum Gasteiger partial charge on any atom is -0.502 e. The number of nitro groups is 3. The highest BCUT2D eigenvalue weighted by molar-refractivity contribution is 9.10. The fourth-order valence-corrected chi connectivity index (χ4v) is 6.42. The van der Waals surface area contributed by atoms with Crippen molar-refractivity contribution >= 4 is 91.2 Å². The van der Waals surface area contributed by atoms with Crippen LogP contribution in [-0.4, -0.2) is 19.9 Å². The highest BCUT2D eigenvalue weighted by atomic mass is 79.9. The first-order valence-corrected chi connectivity index (χ1v) is 15.7. The van der Waals surface area contributed by atoms with Crippen LogP contribution in [0, 0.1) is 30.3 Å². The maximum absolute atomic E-state index is 10.9. The van der Waals surface area contributed by atoms with Gasteiger partial charge < -0.3 is 5.11 Å². The second-order valence-electron chi connectivity index (χ2n) is 9.08. The largest absolute Gasteiger partial charge is 0.502 e. The van der Waals surface area contributed by atoms with Gasteiger partial charge in [0.1, 0.15) is 0 Å². The molecule has 0 heterocycles. The summed E-state index contributed by atoms with van der Waals surface area (Å²) in [5.74, 6) is -0.321. The van der Waals surface area contributed by atoms with Gasteiger partial charge in [0, 0.05) is 55.7 Å². The molecule has 234 valence electrons. The Morgan fingerprint density at radius 2 is 0.978 bits per heavy atom. The number of non-ortho nitro benzene ring substituents is 2. The van der Waals surface area contributed by atoms with Crippen molar-refractivity contribution in [2.75, 3.05) is 0 Å². The topological polar surface area (TPSA) is 150 Å². The molecule has 16 heteroatoms. The lowest BCUT2D eigenvalue weighted by Gasteiger charge is -2.13. The average molecular weight is 784 g/mol. The molecule has 0 radical (unpaired) electrons. The van der Waals surface area contributed by atoms with E-state index in [4.69, 9.17) is 51.5 Å². The SMILES string of the molecule is O=[N+]([O-])c1cc(Br)ccc1O.O=[N+]([O-])c1ccc(-c2ccc(Sc3ccc(-c4ccc([N+](=O)[O-])cc4)c(Cl)c3Cl)c(Cl)c2Cl)cc1. The third-order valence-corrected chi connectivity index (χ3v) is 9.83. The summed E-state index contributed by atoms with van der Waals surface area (Å²) in [6.07, 6.45) is 0. The lowest BCUT2D eigenvalue weighted by atomic mass is 10.1. The van der Waals surface area contributed by atoms with E-state index in [0.29, 0.717) is 56.6 Å². The summed E-state index contributed by atoms with van der Waals surface area (Å²) in [6, 6.07) is 23.2. The van der Waals surface area contributed by atoms with Crippen LogP contribution < -0.4 is 0 Å². The van der Waals surface area contributed by atoms with E-state index in [9.17, 15) is 30.3 Å². The average Bonchev–Trinajstić information content (AvgIpc) is 3.03. The van der Waals surface area contributed by atoms with Crippen LogP contribution in [0.5, 0.6) is 5.75 Å². The van der Waals surface area contributed by atoms with Crippen LogP contribution in [-0.2, 0) is 0 Å². The van der Waals surface area contributed by atoms with Crippen LogP contribution in [0.15, 0.2) is 105 Å². The number of hydrogen-bond acceptors (Lipinski definition) is 8. The first-order chi connectivity index (χ1) is 21.8. The number of phenols is 1. The standard InChI is InChI=1S/C24H12Cl4N2O4S.C6H4BrNO3/c25-21-17(13-1-5-15(6-2-13)29(31)32)9-11-19(23(21)27)35-20-12-10-18(22(26)24(20)28)14-3-7-16(8-4-14)30(33)34;7-4-1-2-6(9)5(3-4)8(10)11/h1-12H;1-3,9H. The molecular weight excluding hydrogens is 768 g/mol. The van der Waals surface area contributed by atoms with Crippen LogP contribution >= 0.6 is 74.1 Å². The van der Waals surface area contributed by atoms with E-state index in [1.807, 2.05) is 0 Å². The third-order valence-electron chi connectivity index (χ3n) is 6.23. The van der Waals surface area contributed by atoms with Gasteiger partial charge in [-0.25, -0.2) is 0 Å². The molecule has 0 atom stereocenters. The van der Waals surface area contributed by atoms with Gasteiger partial charge in [0.15, 0.2) is 5.75 Å². The normalized spacial score (nSPS) is 10.5. The highest BCUT2D eigenvalue weighted by Gasteiger charge is 2.18. The Morgan fingerprint density at radius 1 is 0.565 bits per heavy atom. The van der Waals surface area contributed by atoms with E-state index >= 15 is 0 Å². The van der Waals surface area contributed by atoms with E-state index in [1.54, 1.807) is 48.5 Å². The Kier molecular flexibility index (Phi) is 11.5. The van der Waals surface area contributed by atoms with Gasteiger partial charge in [-0.15, -0.1) is 0 Å². The van der Waals surface area contributed by atoms with Gasteiger partial charge in [-0.3, -0.25) is 30.3 Å². The Balaban J connectivity index is 0.000000369. The smallest absolute Gasteiger partial charge is 0.311 e. The quantitative estimate of drug-likeness (QED) is 0.127. The highest BCUT2D eigenvalue weighted by Crippen LogP contribution is 2.46. The summed E-state index contributed by atoms with van der Waals surface area (Å²) in [5.41, 5.74) is 2.31. The molecule has 46 heavy (non-hydrogen) atoms. The van der Waals surface area contributed by atoms with Gasteiger partial charge in [-0.05, 0) is 59.7 Å². The third kappa shape index (κ3) is 8.08. The number of halogens is 5. The van der Waals surface area contributed by atoms with Gasteiger partial charge in [0.25, 0.3) is 11.4 Å². The van der Waals surface area contributed by atoms with Gasteiger partial charge in [-0.1, -0.05) is 86.2 Å². The van der Waals surface area contributed by atoms with E-state index in [1.165, 1.54) is 54.2 Å². The molecule has 0 amide bonds. The number of hydrogen-bond donors (Lipinski definition) is 1. The van der Waals surface area contributed by atoms with Crippen molar-refractivity contribution in [2.45, 2.75) is 9.79 Å². The van der Waals surface area contributed by atoms with E-state index in [2.05, 4.69) is 15.9 Å². The van der Waals surface area contributed by atoms with Crippen LogP contribution in [0.3, 0.4) is 0 Å². The van der Waals surface area contributed by atoms with E-state index < -0.39 is 14.8 Å². The van der Waals surface area contributed by atoms with Gasteiger partial charge >= 0.3 is 5.69 Å². The molecule has 5 rings (SSSR count). The van der Waals surface area contributed by atoms with Crippen LogP contribution in [0.2, 0.25) is 20.1 Å². The molecule has 0 aliphatic carbocycles. The van der Waals surface area contributed by atoms with Crippen molar-refractivity contribution < 1.29 is 19.9 Å². The number of phenolic OH excluding ortho intramolecular Hbond substituents is 1. The molecule has 0 aliphatic rings.